The number of fused-ring (bicyclic) bond motifs is 4. The number of rotatable bonds is 16. The van der Waals surface area contributed by atoms with Crippen LogP contribution in [-0.2, 0) is 32.3 Å². The second-order valence-electron chi connectivity index (χ2n) is 15.2. The van der Waals surface area contributed by atoms with Crippen molar-refractivity contribution in [2.45, 2.75) is 75.6 Å². The van der Waals surface area contributed by atoms with Crippen LogP contribution in [0.25, 0.3) is 0 Å². The van der Waals surface area contributed by atoms with E-state index in [0.29, 0.717) is 54.0 Å². The fourth-order valence-electron chi connectivity index (χ4n) is 8.14. The average Bonchev–Trinajstić information content (AvgIpc) is 3.68. The van der Waals surface area contributed by atoms with Gasteiger partial charge in [-0.1, -0.05) is 37.6 Å². The van der Waals surface area contributed by atoms with Crippen LogP contribution in [0.3, 0.4) is 0 Å². The summed E-state index contributed by atoms with van der Waals surface area (Å²) < 4.78 is 73.3. The maximum atomic E-state index is 14.5. The average molecular weight is 814 g/mol. The molecule has 0 radical (unpaired) electrons. The third kappa shape index (κ3) is 8.95. The fraction of sp³-hybridized carbons (Fsp3) is 0.525. The van der Waals surface area contributed by atoms with E-state index in [1.807, 2.05) is 17.9 Å². The molecule has 3 amide bonds. The standard InChI is InChI=1S/C40H52N3O11PS/c1-6-7-8-38(44)41-24-55(47,13-11-53-35-17-27-9-10-29-15-25(2)22-42(29)39(45)30(27)20-33(35)51-4)14-12-54-36-18-28-19-37(56(48,49)50)32-16-26(3)23-43(32)40(46)31(28)21-34(36)52-5/h17-18,20-21,29,32,37H,2-3,6-16,19,22-24H2,1,4-5H3,(H,41,44)(H,48,49,50)/t29-,32+,37?,55?/m1/s1. The second kappa shape index (κ2) is 17.0. The van der Waals surface area contributed by atoms with Crippen molar-refractivity contribution >= 4 is 35.0 Å². The minimum absolute atomic E-state index is 0.0329. The first-order valence-electron chi connectivity index (χ1n) is 19.1. The van der Waals surface area contributed by atoms with Crippen LogP contribution in [0.4, 0.5) is 0 Å². The lowest BCUT2D eigenvalue weighted by Crippen LogP contribution is -2.44. The number of hydrogen-bond donors (Lipinski definition) is 2. The van der Waals surface area contributed by atoms with E-state index < -0.39 is 34.5 Å². The van der Waals surface area contributed by atoms with Crippen LogP contribution in [0.2, 0.25) is 0 Å². The summed E-state index contributed by atoms with van der Waals surface area (Å²) in [6.07, 6.45) is 4.30. The van der Waals surface area contributed by atoms with Crippen molar-refractivity contribution < 1.29 is 50.9 Å². The van der Waals surface area contributed by atoms with Gasteiger partial charge in [0.1, 0.15) is 12.4 Å². The quantitative estimate of drug-likeness (QED) is 0.131. The topological polar surface area (TPSA) is 178 Å². The van der Waals surface area contributed by atoms with Crippen LogP contribution in [-0.4, -0.2) is 117 Å². The summed E-state index contributed by atoms with van der Waals surface area (Å²) >= 11 is 0. The number of carbonyl (C=O) groups excluding carboxylic acids is 3. The van der Waals surface area contributed by atoms with Crippen molar-refractivity contribution in [3.63, 3.8) is 0 Å². The van der Waals surface area contributed by atoms with Crippen LogP contribution in [0.1, 0.15) is 77.3 Å². The van der Waals surface area contributed by atoms with Crippen molar-refractivity contribution in [1.82, 2.24) is 15.1 Å². The Labute approximate surface area is 328 Å². The van der Waals surface area contributed by atoms with E-state index in [9.17, 15) is 31.9 Å². The summed E-state index contributed by atoms with van der Waals surface area (Å²) in [4.78, 5) is 43.0. The Kier molecular flexibility index (Phi) is 12.6. The summed E-state index contributed by atoms with van der Waals surface area (Å²) in [6.45, 7) is 10.7. The van der Waals surface area contributed by atoms with Crippen molar-refractivity contribution in [3.8, 4) is 23.0 Å². The fourth-order valence-corrected chi connectivity index (χ4v) is 11.0. The van der Waals surface area contributed by atoms with Crippen molar-refractivity contribution in [2.24, 2.45) is 0 Å². The predicted molar refractivity (Wildman–Crippen MR) is 211 cm³/mol. The molecule has 0 bridgehead atoms. The van der Waals surface area contributed by atoms with Crippen LogP contribution in [0.5, 0.6) is 23.0 Å². The third-order valence-electron chi connectivity index (χ3n) is 11.2. The minimum atomic E-state index is -4.54. The van der Waals surface area contributed by atoms with E-state index in [4.69, 9.17) is 18.9 Å². The van der Waals surface area contributed by atoms with Gasteiger partial charge in [-0.2, -0.15) is 8.42 Å². The molecular formula is C40H52N3O11PS. The zero-order valence-electron chi connectivity index (χ0n) is 32.3. The first-order valence-corrected chi connectivity index (χ1v) is 22.8. The third-order valence-corrected chi connectivity index (χ3v) is 15.2. The summed E-state index contributed by atoms with van der Waals surface area (Å²) in [5, 5.41) is 1.57. The van der Waals surface area contributed by atoms with Gasteiger partial charge in [0, 0.05) is 49.0 Å². The molecular weight excluding hydrogens is 761 g/mol. The maximum Gasteiger partial charge on any atom is 0.270 e. The Morgan fingerprint density at radius 2 is 1.45 bits per heavy atom. The van der Waals surface area contributed by atoms with Crippen molar-refractivity contribution in [3.05, 3.63) is 70.8 Å². The molecule has 2 aromatic carbocycles. The lowest BCUT2D eigenvalue weighted by molar-refractivity contribution is -0.120. The van der Waals surface area contributed by atoms with Gasteiger partial charge in [0.05, 0.1) is 39.8 Å². The smallest absolute Gasteiger partial charge is 0.270 e. The van der Waals surface area contributed by atoms with E-state index in [1.54, 1.807) is 6.07 Å². The second-order valence-corrected chi connectivity index (χ2v) is 20.1. The molecule has 56 heavy (non-hydrogen) atoms. The first kappa shape index (κ1) is 41.3. The van der Waals surface area contributed by atoms with Gasteiger partial charge in [-0.05, 0) is 73.9 Å². The normalized spacial score (nSPS) is 21.6. The van der Waals surface area contributed by atoms with Gasteiger partial charge >= 0.3 is 0 Å². The van der Waals surface area contributed by atoms with E-state index in [-0.39, 0.29) is 86.1 Å². The molecule has 0 aromatic heterocycles. The number of nitrogens with one attached hydrogen (secondary N) is 1. The molecule has 304 valence electrons. The highest BCUT2D eigenvalue weighted by molar-refractivity contribution is 7.86. The van der Waals surface area contributed by atoms with Crippen molar-refractivity contribution in [1.29, 1.82) is 0 Å². The molecule has 2 saturated heterocycles. The van der Waals surface area contributed by atoms with Crippen LogP contribution >= 0.6 is 7.14 Å². The molecule has 0 aliphatic carbocycles. The minimum Gasteiger partial charge on any atom is -0.493 e. The molecule has 4 atom stereocenters. The van der Waals surface area contributed by atoms with E-state index >= 15 is 0 Å². The lowest BCUT2D eigenvalue weighted by Gasteiger charge is -2.26. The van der Waals surface area contributed by atoms with Gasteiger partial charge in [0.2, 0.25) is 5.91 Å². The van der Waals surface area contributed by atoms with Crippen LogP contribution in [0.15, 0.2) is 48.6 Å². The van der Waals surface area contributed by atoms with Crippen LogP contribution < -0.4 is 24.3 Å². The number of amides is 3. The number of hydrogen-bond acceptors (Lipinski definition) is 10. The molecule has 2 aromatic rings. The van der Waals surface area contributed by atoms with Gasteiger partial charge in [-0.25, -0.2) is 0 Å². The van der Waals surface area contributed by atoms with Gasteiger partial charge in [-0.3, -0.25) is 18.9 Å². The molecule has 14 nitrogen and oxygen atoms in total. The number of nitrogens with zero attached hydrogens (tertiary/aromatic N) is 2. The first-order chi connectivity index (χ1) is 26.6. The number of benzene rings is 2. The molecule has 4 aliphatic rings. The Balaban J connectivity index is 1.18. The predicted octanol–water partition coefficient (Wildman–Crippen LogP) is 5.09. The Bertz CT molecular complexity index is 2070. The number of unbranched alkanes of at least 4 members (excludes halogenated alkanes) is 1. The van der Waals surface area contributed by atoms with Gasteiger partial charge in [0.15, 0.2) is 23.0 Å². The Morgan fingerprint density at radius 1 is 0.875 bits per heavy atom. The number of aryl methyl sites for hydroxylation is 1. The number of carbonyl (C=O) groups is 3. The summed E-state index contributed by atoms with van der Waals surface area (Å²) in [5.74, 6) is 0.590. The molecule has 16 heteroatoms. The molecule has 2 N–H and O–H groups in total. The van der Waals surface area contributed by atoms with Gasteiger partial charge < -0.3 is 38.6 Å². The molecule has 4 heterocycles. The largest absolute Gasteiger partial charge is 0.493 e. The Hall–Kier alpha value is -4.33. The van der Waals surface area contributed by atoms with Crippen molar-refractivity contribution in [2.75, 3.05) is 59.1 Å². The summed E-state index contributed by atoms with van der Waals surface area (Å²) in [5.41, 5.74) is 3.78. The van der Waals surface area contributed by atoms with Gasteiger partial charge in [0.25, 0.3) is 21.9 Å². The molecule has 2 fully saturated rings. The van der Waals surface area contributed by atoms with E-state index in [1.165, 1.54) is 31.3 Å². The molecule has 0 saturated carbocycles. The Morgan fingerprint density at radius 3 is 2.05 bits per heavy atom. The number of methoxy groups -OCH3 is 2. The highest BCUT2D eigenvalue weighted by Gasteiger charge is 2.46. The maximum absolute atomic E-state index is 14.5. The number of ether oxygens (including phenoxy) is 4. The monoisotopic (exact) mass is 813 g/mol. The highest BCUT2D eigenvalue weighted by Crippen LogP contribution is 2.45. The van der Waals surface area contributed by atoms with Crippen LogP contribution in [0, 0.1) is 0 Å². The summed E-state index contributed by atoms with van der Waals surface area (Å²) in [6, 6.07) is 5.92. The zero-order chi connectivity index (χ0) is 40.4. The summed E-state index contributed by atoms with van der Waals surface area (Å²) in [7, 11) is -4.82. The molecule has 4 aliphatic heterocycles. The van der Waals surface area contributed by atoms with E-state index in [0.717, 1.165) is 30.4 Å². The molecule has 6 rings (SSSR count). The highest BCUT2D eigenvalue weighted by atomic mass is 32.2. The SMILES string of the molecule is C=C1C[C@H]2CCc3cc(OCCP(=O)(CCOc4cc5c(cc4OC)C(=O)N4CC(=C)C[C@H]4C(S(=O)(=O)O)C5)CNC(=O)CCCC)c(OC)cc3C(=O)N2C1. The lowest BCUT2D eigenvalue weighted by atomic mass is 9.99. The zero-order valence-corrected chi connectivity index (χ0v) is 34.1. The molecule has 0 spiro atoms. The molecule has 2 unspecified atom stereocenters. The van der Waals surface area contributed by atoms with Gasteiger partial charge in [-0.15, -0.1) is 0 Å². The van der Waals surface area contributed by atoms with E-state index in [2.05, 4.69) is 18.5 Å².